The monoisotopic (exact) mass is 300 g/mol. The topological polar surface area (TPSA) is 26.3 Å². The molecule has 0 aliphatic carbocycles. The summed E-state index contributed by atoms with van der Waals surface area (Å²) in [5, 5.41) is 0. The molecule has 1 atom stereocenters. The molecular weight excluding hydrogens is 284 g/mol. The molecule has 2 nitrogen and oxygen atoms in total. The fraction of sp³-hybridized carbons (Fsp3) is 0.0952. The molecule has 2 heteroatoms. The normalized spacial score (nSPS) is 19.2. The Bertz CT molecular complexity index is 840. The maximum absolute atomic E-state index is 12.4. The van der Waals surface area contributed by atoms with Crippen LogP contribution in [0.5, 0.6) is 0 Å². The van der Waals surface area contributed by atoms with Crippen LogP contribution in [0.4, 0.5) is 0 Å². The van der Waals surface area contributed by atoms with Crippen molar-refractivity contribution in [3.8, 4) is 0 Å². The van der Waals surface area contributed by atoms with Crippen molar-refractivity contribution >= 4 is 5.97 Å². The van der Waals surface area contributed by atoms with Gasteiger partial charge in [-0.1, -0.05) is 78.9 Å². The summed E-state index contributed by atoms with van der Waals surface area (Å²) in [5.74, 6) is -0.250. The first-order valence-electron chi connectivity index (χ1n) is 7.72. The molecule has 1 heterocycles. The van der Waals surface area contributed by atoms with Gasteiger partial charge in [0.25, 0.3) is 0 Å². The van der Waals surface area contributed by atoms with Gasteiger partial charge in [0.1, 0.15) is 0 Å². The van der Waals surface area contributed by atoms with Crippen LogP contribution in [0.1, 0.15) is 27.0 Å². The van der Waals surface area contributed by atoms with Crippen LogP contribution in [0.3, 0.4) is 0 Å². The maximum Gasteiger partial charge on any atom is 0.339 e. The van der Waals surface area contributed by atoms with Gasteiger partial charge in [-0.25, -0.2) is 4.79 Å². The molecule has 0 bridgehead atoms. The van der Waals surface area contributed by atoms with Gasteiger partial charge in [0.15, 0.2) is 5.60 Å². The smallest absolute Gasteiger partial charge is 0.339 e. The minimum Gasteiger partial charge on any atom is -0.445 e. The van der Waals surface area contributed by atoms with Crippen molar-refractivity contribution < 1.29 is 9.53 Å². The third kappa shape index (κ3) is 2.23. The summed E-state index contributed by atoms with van der Waals surface area (Å²) in [5.41, 5.74) is 2.99. The Kier molecular flexibility index (Phi) is 3.23. The van der Waals surface area contributed by atoms with E-state index in [2.05, 4.69) is 12.1 Å². The molecule has 0 saturated carbocycles. The second kappa shape index (κ2) is 5.40. The van der Waals surface area contributed by atoms with E-state index in [1.165, 1.54) is 0 Å². The average molecular weight is 300 g/mol. The van der Waals surface area contributed by atoms with Crippen molar-refractivity contribution in [3.05, 3.63) is 107 Å². The van der Waals surface area contributed by atoms with Crippen molar-refractivity contribution in [2.24, 2.45) is 0 Å². The first-order chi connectivity index (χ1) is 11.3. The quantitative estimate of drug-likeness (QED) is 0.672. The van der Waals surface area contributed by atoms with Gasteiger partial charge < -0.3 is 4.74 Å². The van der Waals surface area contributed by atoms with Gasteiger partial charge in [-0.05, 0) is 11.6 Å². The highest BCUT2D eigenvalue weighted by molar-refractivity contribution is 5.95. The maximum atomic E-state index is 12.4. The van der Waals surface area contributed by atoms with Gasteiger partial charge in [0, 0.05) is 17.5 Å². The van der Waals surface area contributed by atoms with Gasteiger partial charge in [-0.2, -0.15) is 0 Å². The minimum atomic E-state index is -0.754. The number of ether oxygens (including phenoxy) is 1. The van der Waals surface area contributed by atoms with E-state index >= 15 is 0 Å². The second-order valence-electron chi connectivity index (χ2n) is 5.79. The third-order valence-electron chi connectivity index (χ3n) is 4.38. The molecular formula is C21H16O2. The zero-order valence-corrected chi connectivity index (χ0v) is 12.6. The van der Waals surface area contributed by atoms with Gasteiger partial charge in [-0.3, -0.25) is 0 Å². The Balaban J connectivity index is 1.92. The summed E-state index contributed by atoms with van der Waals surface area (Å²) in [6, 6.07) is 27.8. The van der Waals surface area contributed by atoms with Crippen molar-refractivity contribution in [3.63, 3.8) is 0 Å². The van der Waals surface area contributed by atoms with E-state index in [-0.39, 0.29) is 5.97 Å². The lowest BCUT2D eigenvalue weighted by atomic mass is 9.81. The van der Waals surface area contributed by atoms with E-state index in [9.17, 15) is 4.79 Å². The van der Waals surface area contributed by atoms with Gasteiger partial charge in [0.05, 0.1) is 5.56 Å². The number of rotatable bonds is 3. The van der Waals surface area contributed by atoms with E-state index in [0.717, 1.165) is 16.7 Å². The van der Waals surface area contributed by atoms with Crippen molar-refractivity contribution in [2.45, 2.75) is 12.0 Å². The summed E-state index contributed by atoms with van der Waals surface area (Å²) in [6.45, 7) is 0. The molecule has 1 aliphatic rings. The van der Waals surface area contributed by atoms with Crippen LogP contribution in [0.15, 0.2) is 84.9 Å². The number of carbonyl (C=O) groups excluding carboxylic acids is 1. The number of hydrogen-bond acceptors (Lipinski definition) is 2. The number of fused-ring (bicyclic) bond motifs is 1. The Morgan fingerprint density at radius 1 is 0.739 bits per heavy atom. The fourth-order valence-electron chi connectivity index (χ4n) is 3.32. The highest BCUT2D eigenvalue weighted by atomic mass is 16.6. The molecule has 0 fully saturated rings. The summed E-state index contributed by atoms with van der Waals surface area (Å²) >= 11 is 0. The number of cyclic esters (lactones) is 1. The van der Waals surface area contributed by atoms with Gasteiger partial charge >= 0.3 is 5.97 Å². The molecule has 4 rings (SSSR count). The Morgan fingerprint density at radius 3 is 2.09 bits per heavy atom. The van der Waals surface area contributed by atoms with Crippen molar-refractivity contribution in [2.75, 3.05) is 0 Å². The summed E-state index contributed by atoms with van der Waals surface area (Å²) in [6.07, 6.45) is 0.626. The molecule has 1 unspecified atom stereocenters. The zero-order valence-electron chi connectivity index (χ0n) is 12.6. The Hall–Kier alpha value is -2.87. The molecule has 0 aromatic heterocycles. The molecule has 0 amide bonds. The lowest BCUT2D eigenvalue weighted by Crippen LogP contribution is -2.30. The van der Waals surface area contributed by atoms with E-state index < -0.39 is 5.60 Å². The molecule has 112 valence electrons. The average Bonchev–Trinajstić information content (AvgIpc) is 2.90. The van der Waals surface area contributed by atoms with Gasteiger partial charge in [-0.15, -0.1) is 0 Å². The first kappa shape index (κ1) is 13.8. The predicted octanol–water partition coefficient (Wildman–Crippen LogP) is 4.34. The number of carbonyl (C=O) groups is 1. The van der Waals surface area contributed by atoms with E-state index in [0.29, 0.717) is 12.0 Å². The SMILES string of the molecule is O=C1OC(Cc2ccccc2)(c2ccccc2)c2ccccc21. The lowest BCUT2D eigenvalue weighted by Gasteiger charge is -2.30. The van der Waals surface area contributed by atoms with E-state index in [1.54, 1.807) is 0 Å². The summed E-state index contributed by atoms with van der Waals surface area (Å²) in [7, 11) is 0. The molecule has 23 heavy (non-hydrogen) atoms. The Morgan fingerprint density at radius 2 is 1.35 bits per heavy atom. The second-order valence-corrected chi connectivity index (χ2v) is 5.79. The molecule has 1 aliphatic heterocycles. The van der Waals surface area contributed by atoms with Crippen LogP contribution in [0.2, 0.25) is 0 Å². The van der Waals surface area contributed by atoms with Crippen LogP contribution < -0.4 is 0 Å². The molecule has 0 N–H and O–H groups in total. The number of hydrogen-bond donors (Lipinski definition) is 0. The standard InChI is InChI=1S/C21H16O2/c22-20-18-13-7-8-14-19(18)21(23-20,17-11-5-2-6-12-17)15-16-9-3-1-4-10-16/h1-14H,15H2. The van der Waals surface area contributed by atoms with E-state index in [1.807, 2.05) is 72.8 Å². The third-order valence-corrected chi connectivity index (χ3v) is 4.38. The van der Waals surface area contributed by atoms with E-state index in [4.69, 9.17) is 4.74 Å². The summed E-state index contributed by atoms with van der Waals surface area (Å²) in [4.78, 5) is 12.4. The summed E-state index contributed by atoms with van der Waals surface area (Å²) < 4.78 is 5.97. The highest BCUT2D eigenvalue weighted by Crippen LogP contribution is 2.44. The minimum absolute atomic E-state index is 0.250. The van der Waals surface area contributed by atoms with Crippen molar-refractivity contribution in [1.82, 2.24) is 0 Å². The van der Waals surface area contributed by atoms with Gasteiger partial charge in [0.2, 0.25) is 0 Å². The van der Waals surface area contributed by atoms with Crippen LogP contribution in [-0.4, -0.2) is 5.97 Å². The van der Waals surface area contributed by atoms with Crippen LogP contribution >= 0.6 is 0 Å². The van der Waals surface area contributed by atoms with Crippen LogP contribution in [-0.2, 0) is 16.8 Å². The molecule has 0 saturated heterocycles. The first-order valence-corrected chi connectivity index (χ1v) is 7.72. The molecule has 0 radical (unpaired) electrons. The van der Waals surface area contributed by atoms with Crippen LogP contribution in [0.25, 0.3) is 0 Å². The molecule has 3 aromatic rings. The van der Waals surface area contributed by atoms with Crippen LogP contribution in [0, 0.1) is 0 Å². The number of benzene rings is 3. The zero-order chi connectivity index (χ0) is 15.7. The lowest BCUT2D eigenvalue weighted by molar-refractivity contribution is 0.0109. The predicted molar refractivity (Wildman–Crippen MR) is 89.2 cm³/mol. The highest BCUT2D eigenvalue weighted by Gasteiger charge is 2.46. The van der Waals surface area contributed by atoms with Crippen molar-refractivity contribution in [1.29, 1.82) is 0 Å². The molecule has 0 spiro atoms. The number of esters is 1. The fourth-order valence-corrected chi connectivity index (χ4v) is 3.32. The Labute approximate surface area is 135 Å². The molecule has 3 aromatic carbocycles. The largest absolute Gasteiger partial charge is 0.445 e.